The number of halogens is 2. The molecule has 4 aromatic rings. The predicted octanol–water partition coefficient (Wildman–Crippen LogP) is 5.48. The van der Waals surface area contributed by atoms with Gasteiger partial charge in [0.1, 0.15) is 12.1 Å². The van der Waals surface area contributed by atoms with Gasteiger partial charge >= 0.3 is 0 Å². The van der Waals surface area contributed by atoms with Crippen LogP contribution < -0.4 is 0 Å². The molecule has 2 heterocycles. The Kier molecular flexibility index (Phi) is 4.73. The second-order valence-electron chi connectivity index (χ2n) is 5.32. The maximum atomic E-state index is 13.3. The van der Waals surface area contributed by atoms with Gasteiger partial charge in [-0.05, 0) is 42.5 Å². The summed E-state index contributed by atoms with van der Waals surface area (Å²) in [6.07, 6.45) is 1.53. The zero-order valence-corrected chi connectivity index (χ0v) is 14.8. The Labute approximate surface area is 157 Å². The first-order valence-electron chi connectivity index (χ1n) is 7.60. The number of hydrogen-bond acceptors (Lipinski definition) is 6. The van der Waals surface area contributed by atoms with E-state index in [1.165, 1.54) is 30.2 Å². The van der Waals surface area contributed by atoms with Crippen LogP contribution in [0.15, 0.2) is 68.9 Å². The topological polar surface area (TPSA) is 65.0 Å². The maximum Gasteiger partial charge on any atom is 0.277 e. The third-order valence-electron chi connectivity index (χ3n) is 3.46. The van der Waals surface area contributed by atoms with Gasteiger partial charge in [-0.3, -0.25) is 0 Å². The van der Waals surface area contributed by atoms with Crippen molar-refractivity contribution >= 4 is 23.4 Å². The van der Waals surface area contributed by atoms with Gasteiger partial charge in [-0.1, -0.05) is 29.4 Å². The fourth-order valence-electron chi connectivity index (χ4n) is 2.24. The largest absolute Gasteiger partial charge is 0.444 e. The van der Waals surface area contributed by atoms with Gasteiger partial charge in [-0.15, -0.1) is 10.2 Å². The van der Waals surface area contributed by atoms with Crippen molar-refractivity contribution in [1.82, 2.24) is 15.2 Å². The lowest BCUT2D eigenvalue weighted by Crippen LogP contribution is -1.83. The average Bonchev–Trinajstić information content (AvgIpc) is 3.30. The lowest BCUT2D eigenvalue weighted by atomic mass is 10.2. The lowest BCUT2D eigenvalue weighted by molar-refractivity contribution is 0.466. The summed E-state index contributed by atoms with van der Waals surface area (Å²) in [7, 11) is 0. The molecule has 0 N–H and O–H groups in total. The van der Waals surface area contributed by atoms with E-state index in [1.807, 2.05) is 12.1 Å². The van der Waals surface area contributed by atoms with E-state index in [1.54, 1.807) is 24.3 Å². The standard InChI is InChI=1S/C18H11ClFN3O2S/c19-13-6-4-11(5-7-13)17-22-23-18(25-17)26-10-15-9-24-16(21-15)12-2-1-3-14(20)8-12/h1-9H,10H2. The Morgan fingerprint density at radius 1 is 1.00 bits per heavy atom. The van der Waals surface area contributed by atoms with E-state index in [0.717, 1.165) is 5.56 Å². The molecule has 2 aromatic heterocycles. The molecule has 0 aliphatic heterocycles. The van der Waals surface area contributed by atoms with Gasteiger partial charge in [0.15, 0.2) is 0 Å². The molecule has 0 saturated heterocycles. The second-order valence-corrected chi connectivity index (χ2v) is 6.69. The van der Waals surface area contributed by atoms with Crippen molar-refractivity contribution in [1.29, 1.82) is 0 Å². The fourth-order valence-corrected chi connectivity index (χ4v) is 3.01. The summed E-state index contributed by atoms with van der Waals surface area (Å²) in [6.45, 7) is 0. The second kappa shape index (κ2) is 7.31. The number of hydrogen-bond donors (Lipinski definition) is 0. The molecule has 0 bridgehead atoms. The van der Waals surface area contributed by atoms with Crippen molar-refractivity contribution < 1.29 is 13.2 Å². The van der Waals surface area contributed by atoms with Crippen molar-refractivity contribution in [2.24, 2.45) is 0 Å². The molecule has 4 rings (SSSR count). The van der Waals surface area contributed by atoms with Gasteiger partial charge in [-0.25, -0.2) is 9.37 Å². The summed E-state index contributed by atoms with van der Waals surface area (Å²) in [5.41, 5.74) is 2.08. The van der Waals surface area contributed by atoms with Gasteiger partial charge in [0.2, 0.25) is 11.8 Å². The van der Waals surface area contributed by atoms with Crippen LogP contribution in [0.5, 0.6) is 0 Å². The third-order valence-corrected chi connectivity index (χ3v) is 4.57. The van der Waals surface area contributed by atoms with E-state index in [-0.39, 0.29) is 5.82 Å². The molecule has 0 aliphatic carbocycles. The predicted molar refractivity (Wildman–Crippen MR) is 96.2 cm³/mol. The number of benzene rings is 2. The van der Waals surface area contributed by atoms with Crippen molar-refractivity contribution in [3.05, 3.63) is 71.3 Å². The zero-order valence-electron chi connectivity index (χ0n) is 13.2. The Morgan fingerprint density at radius 3 is 2.65 bits per heavy atom. The van der Waals surface area contributed by atoms with Gasteiger partial charge in [0.05, 0.1) is 5.69 Å². The molecule has 0 unspecified atom stereocenters. The van der Waals surface area contributed by atoms with Gasteiger partial charge in [-0.2, -0.15) is 0 Å². The van der Waals surface area contributed by atoms with Crippen molar-refractivity contribution in [3.63, 3.8) is 0 Å². The molecule has 0 saturated carbocycles. The number of nitrogens with zero attached hydrogens (tertiary/aromatic N) is 3. The van der Waals surface area contributed by atoms with E-state index in [9.17, 15) is 4.39 Å². The summed E-state index contributed by atoms with van der Waals surface area (Å²) in [4.78, 5) is 4.35. The number of thioether (sulfide) groups is 1. The molecule has 130 valence electrons. The molecular formula is C18H11ClFN3O2S. The van der Waals surface area contributed by atoms with Gasteiger partial charge in [0, 0.05) is 21.9 Å². The van der Waals surface area contributed by atoms with Crippen LogP contribution in [0.2, 0.25) is 5.02 Å². The Balaban J connectivity index is 1.43. The summed E-state index contributed by atoms with van der Waals surface area (Å²) < 4.78 is 24.3. The minimum absolute atomic E-state index is 0.336. The highest BCUT2D eigenvalue weighted by Crippen LogP contribution is 2.27. The van der Waals surface area contributed by atoms with Crippen molar-refractivity contribution in [3.8, 4) is 22.9 Å². The first-order chi connectivity index (χ1) is 12.7. The molecule has 0 spiro atoms. The van der Waals surface area contributed by atoms with E-state index < -0.39 is 0 Å². The van der Waals surface area contributed by atoms with E-state index in [2.05, 4.69) is 15.2 Å². The summed E-state index contributed by atoms with van der Waals surface area (Å²) >= 11 is 7.21. The number of aromatic nitrogens is 3. The summed E-state index contributed by atoms with van der Waals surface area (Å²) in [5, 5.41) is 9.10. The lowest BCUT2D eigenvalue weighted by Gasteiger charge is -1.95. The maximum absolute atomic E-state index is 13.3. The van der Waals surface area contributed by atoms with E-state index >= 15 is 0 Å². The van der Waals surface area contributed by atoms with E-state index in [4.69, 9.17) is 20.4 Å². The van der Waals surface area contributed by atoms with Crippen molar-refractivity contribution in [2.75, 3.05) is 0 Å². The minimum Gasteiger partial charge on any atom is -0.444 e. The third kappa shape index (κ3) is 3.79. The molecule has 0 radical (unpaired) electrons. The molecule has 0 fully saturated rings. The van der Waals surface area contributed by atoms with Crippen LogP contribution in [0.3, 0.4) is 0 Å². The molecule has 0 atom stereocenters. The van der Waals surface area contributed by atoms with Crippen LogP contribution >= 0.6 is 23.4 Å². The Hall–Kier alpha value is -2.64. The van der Waals surface area contributed by atoms with Crippen LogP contribution in [-0.2, 0) is 5.75 Å². The Morgan fingerprint density at radius 2 is 1.85 bits per heavy atom. The molecule has 8 heteroatoms. The molecule has 2 aromatic carbocycles. The zero-order chi connectivity index (χ0) is 17.9. The SMILES string of the molecule is Fc1cccc(-c2nc(CSc3nnc(-c4ccc(Cl)cc4)o3)co2)c1. The summed E-state index contributed by atoms with van der Waals surface area (Å²) in [6, 6.07) is 13.2. The van der Waals surface area contributed by atoms with Crippen LogP contribution in [-0.4, -0.2) is 15.2 Å². The van der Waals surface area contributed by atoms with Crippen molar-refractivity contribution in [2.45, 2.75) is 11.0 Å². The highest BCUT2D eigenvalue weighted by atomic mass is 35.5. The molecule has 0 amide bonds. The fraction of sp³-hybridized carbons (Fsp3) is 0.0556. The van der Waals surface area contributed by atoms with Crippen LogP contribution in [0.25, 0.3) is 22.9 Å². The first kappa shape index (κ1) is 16.8. The normalized spacial score (nSPS) is 11.0. The monoisotopic (exact) mass is 387 g/mol. The Bertz CT molecular complexity index is 1030. The van der Waals surface area contributed by atoms with Gasteiger partial charge < -0.3 is 8.83 Å². The van der Waals surface area contributed by atoms with Gasteiger partial charge in [0.25, 0.3) is 5.22 Å². The smallest absolute Gasteiger partial charge is 0.277 e. The molecule has 0 aliphatic rings. The highest BCUT2D eigenvalue weighted by molar-refractivity contribution is 7.98. The molecular weight excluding hydrogens is 377 g/mol. The van der Waals surface area contributed by atoms with Crippen LogP contribution in [0.4, 0.5) is 4.39 Å². The molecule has 26 heavy (non-hydrogen) atoms. The number of rotatable bonds is 5. The molecule has 5 nitrogen and oxygen atoms in total. The first-order valence-corrected chi connectivity index (χ1v) is 8.96. The quantitative estimate of drug-likeness (QED) is 0.423. The minimum atomic E-state index is -0.336. The van der Waals surface area contributed by atoms with Crippen LogP contribution in [0, 0.1) is 5.82 Å². The van der Waals surface area contributed by atoms with E-state index in [0.29, 0.717) is 39.0 Å². The average molecular weight is 388 g/mol. The summed E-state index contributed by atoms with van der Waals surface area (Å²) in [5.74, 6) is 0.940. The highest BCUT2D eigenvalue weighted by Gasteiger charge is 2.12. The number of oxazole rings is 1. The van der Waals surface area contributed by atoms with Crippen LogP contribution in [0.1, 0.15) is 5.69 Å².